The van der Waals surface area contributed by atoms with E-state index in [1.54, 1.807) is 12.2 Å². The molecule has 1 aromatic carbocycles. The van der Waals surface area contributed by atoms with E-state index >= 15 is 0 Å². The summed E-state index contributed by atoms with van der Waals surface area (Å²) in [7, 11) is 0. The van der Waals surface area contributed by atoms with E-state index in [9.17, 15) is 39.0 Å². The molecule has 2 N–H and O–H groups in total. The van der Waals surface area contributed by atoms with Crippen LogP contribution in [0.5, 0.6) is 0 Å². The van der Waals surface area contributed by atoms with E-state index in [0.717, 1.165) is 12.8 Å². The molecular weight excluding hydrogens is 544 g/mol. The van der Waals surface area contributed by atoms with Crippen LogP contribution >= 0.6 is 0 Å². The van der Waals surface area contributed by atoms with Crippen LogP contribution in [-0.4, -0.2) is 46.0 Å². The second-order valence-electron chi connectivity index (χ2n) is 9.46. The third-order valence-electron chi connectivity index (χ3n) is 6.38. The van der Waals surface area contributed by atoms with Gasteiger partial charge >= 0.3 is 35.8 Å². The highest BCUT2D eigenvalue weighted by atomic mass is 16.6. The van der Waals surface area contributed by atoms with Gasteiger partial charge in [-0.3, -0.25) is 9.59 Å². The Bertz CT molecular complexity index is 1350. The van der Waals surface area contributed by atoms with Crippen molar-refractivity contribution in [1.82, 2.24) is 0 Å². The minimum Gasteiger partial charge on any atom is -0.478 e. The van der Waals surface area contributed by atoms with Crippen LogP contribution in [0.4, 0.5) is 0 Å². The number of benzene rings is 1. The zero-order chi connectivity index (χ0) is 30.8. The largest absolute Gasteiger partial charge is 0.478 e. The van der Waals surface area contributed by atoms with Gasteiger partial charge in [-0.25, -0.2) is 19.2 Å². The van der Waals surface area contributed by atoms with Gasteiger partial charge in [-0.2, -0.15) is 0 Å². The molecule has 218 valence electrons. The third kappa shape index (κ3) is 7.97. The van der Waals surface area contributed by atoms with Crippen LogP contribution in [-0.2, 0) is 28.7 Å². The summed E-state index contributed by atoms with van der Waals surface area (Å²) in [5.41, 5.74) is 0.738. The summed E-state index contributed by atoms with van der Waals surface area (Å²) in [5.74, 6) is -7.96. The molecule has 10 nitrogen and oxygen atoms in total. The number of carbonyl (C=O) groups is 6. The molecule has 0 saturated heterocycles. The Kier molecular flexibility index (Phi) is 10.8. The molecule has 0 fully saturated rings. The highest BCUT2D eigenvalue weighted by molar-refractivity contribution is 6.02. The predicted molar refractivity (Wildman–Crippen MR) is 150 cm³/mol. The lowest BCUT2D eigenvalue weighted by molar-refractivity contribution is -0.141. The van der Waals surface area contributed by atoms with Crippen molar-refractivity contribution < 1.29 is 48.5 Å². The van der Waals surface area contributed by atoms with E-state index in [0.29, 0.717) is 24.0 Å². The number of carboxylic acids is 2. The zero-order valence-corrected chi connectivity index (χ0v) is 23.1. The first kappa shape index (κ1) is 31.4. The lowest BCUT2D eigenvalue weighted by Gasteiger charge is -2.17. The molecule has 2 unspecified atom stereocenters. The van der Waals surface area contributed by atoms with Gasteiger partial charge < -0.3 is 19.7 Å². The van der Waals surface area contributed by atoms with Crippen molar-refractivity contribution >= 4 is 35.8 Å². The summed E-state index contributed by atoms with van der Waals surface area (Å²) < 4.78 is 10.0. The number of aliphatic carboxylic acids is 2. The predicted octanol–water partition coefficient (Wildman–Crippen LogP) is 4.90. The smallest absolute Gasteiger partial charge is 0.345 e. The van der Waals surface area contributed by atoms with Gasteiger partial charge in [0.1, 0.15) is 11.8 Å². The van der Waals surface area contributed by atoms with Crippen LogP contribution in [0.2, 0.25) is 0 Å². The topological polar surface area (TPSA) is 161 Å². The summed E-state index contributed by atoms with van der Waals surface area (Å²) in [6, 6.07) is 4.94. The first-order chi connectivity index (χ1) is 20.0. The van der Waals surface area contributed by atoms with E-state index < -0.39 is 47.7 Å². The molecular formula is C32H30O10. The number of hydrogen-bond acceptors (Lipinski definition) is 8. The number of hydrogen-bond donors (Lipinski definition) is 2. The first-order valence-electron chi connectivity index (χ1n) is 13.3. The minimum absolute atomic E-state index is 0.00266. The average molecular weight is 575 g/mol. The number of carboxylic acid groups (broad SMARTS) is 2. The summed E-state index contributed by atoms with van der Waals surface area (Å²) in [5, 5.41) is 18.5. The van der Waals surface area contributed by atoms with Crippen molar-refractivity contribution in [3.63, 3.8) is 0 Å². The molecule has 0 bridgehead atoms. The minimum atomic E-state index is -1.15. The Morgan fingerprint density at radius 2 is 1.02 bits per heavy atom. The Balaban J connectivity index is 1.66. The number of allylic oxidation sites excluding steroid dienone is 4. The van der Waals surface area contributed by atoms with E-state index in [-0.39, 0.29) is 22.3 Å². The first-order valence-corrected chi connectivity index (χ1v) is 13.3. The molecule has 0 saturated carbocycles. The highest BCUT2D eigenvalue weighted by Gasteiger charge is 2.29. The number of ether oxygens (including phenoxy) is 2. The Labute approximate surface area is 242 Å². The molecule has 0 heterocycles. The van der Waals surface area contributed by atoms with Gasteiger partial charge in [-0.1, -0.05) is 63.1 Å². The van der Waals surface area contributed by atoms with Crippen LogP contribution in [0.15, 0.2) is 95.2 Å². The molecule has 0 spiro atoms. The summed E-state index contributed by atoms with van der Waals surface area (Å²) in [6.45, 7) is 3.85. The number of unbranched alkanes of at least 4 members (excludes halogenated alkanes) is 2. The number of carbonyl (C=O) groups excluding carboxylic acids is 4. The van der Waals surface area contributed by atoms with Gasteiger partial charge in [-0.05, 0) is 60.4 Å². The van der Waals surface area contributed by atoms with Gasteiger partial charge in [0, 0.05) is 0 Å². The van der Waals surface area contributed by atoms with Gasteiger partial charge in [0.2, 0.25) is 0 Å². The van der Waals surface area contributed by atoms with Gasteiger partial charge in [0.15, 0.2) is 0 Å². The van der Waals surface area contributed by atoms with E-state index in [1.807, 2.05) is 13.8 Å². The second-order valence-corrected chi connectivity index (χ2v) is 9.46. The average Bonchev–Trinajstić information content (AvgIpc) is 2.98. The van der Waals surface area contributed by atoms with Crippen molar-refractivity contribution in [3.05, 3.63) is 106 Å². The van der Waals surface area contributed by atoms with Crippen molar-refractivity contribution in [2.45, 2.75) is 39.5 Å². The van der Waals surface area contributed by atoms with Gasteiger partial charge in [0.05, 0.1) is 22.3 Å². The molecule has 0 aliphatic heterocycles. The maximum atomic E-state index is 12.8. The lowest BCUT2D eigenvalue weighted by Crippen LogP contribution is -2.24. The van der Waals surface area contributed by atoms with Crippen molar-refractivity contribution in [1.29, 1.82) is 0 Å². The fourth-order valence-electron chi connectivity index (χ4n) is 4.12. The quantitative estimate of drug-likeness (QED) is 0.290. The maximum absolute atomic E-state index is 12.8. The van der Waals surface area contributed by atoms with Crippen molar-refractivity contribution in [2.24, 2.45) is 11.8 Å². The van der Waals surface area contributed by atoms with Crippen molar-refractivity contribution in [2.75, 3.05) is 0 Å². The Hall–Kier alpha value is -5.12. The van der Waals surface area contributed by atoms with Crippen LogP contribution in [0.25, 0.3) is 0 Å². The summed E-state index contributed by atoms with van der Waals surface area (Å²) in [4.78, 5) is 73.4. The van der Waals surface area contributed by atoms with E-state index in [4.69, 9.17) is 9.47 Å². The van der Waals surface area contributed by atoms with Crippen molar-refractivity contribution in [3.8, 4) is 0 Å². The lowest BCUT2D eigenvalue weighted by atomic mass is 9.90. The standard InChI is InChI=1S/C32H30O10/c1-3-5-7-21-17-23(27(33)34)13-15-25(21)31(39)41-29(37)19-9-11-20(12-10-19)30(38)42-32(40)26-16-14-24(28(35)36)18-22(26)8-6-4-2/h7-18,25-26H,3-6H2,1-2H3,(H,33,34)(H,35,36). The van der Waals surface area contributed by atoms with E-state index in [2.05, 4.69) is 0 Å². The third-order valence-corrected chi connectivity index (χ3v) is 6.38. The Morgan fingerprint density at radius 1 is 0.667 bits per heavy atom. The molecule has 0 radical (unpaired) electrons. The fraction of sp³-hybridized carbons (Fsp3) is 0.250. The molecule has 3 rings (SSSR count). The van der Waals surface area contributed by atoms with Gasteiger partial charge in [-0.15, -0.1) is 0 Å². The van der Waals surface area contributed by atoms with Gasteiger partial charge in [0.25, 0.3) is 0 Å². The second kappa shape index (κ2) is 14.5. The van der Waals surface area contributed by atoms with E-state index in [1.165, 1.54) is 60.7 Å². The van der Waals surface area contributed by atoms with Crippen LogP contribution in [0.3, 0.4) is 0 Å². The summed E-state index contributed by atoms with van der Waals surface area (Å²) >= 11 is 0. The SMILES string of the molecule is CCCC=C1C=C(C(=O)O)C=CC1C(=O)OC(=O)c1ccc(C(=O)OC(=O)C2C=CC(C(=O)O)=CC2=CCCC)cc1. The molecule has 0 aromatic heterocycles. The summed E-state index contributed by atoms with van der Waals surface area (Å²) in [6.07, 6.45) is 14.2. The maximum Gasteiger partial charge on any atom is 0.345 e. The monoisotopic (exact) mass is 574 g/mol. The zero-order valence-electron chi connectivity index (χ0n) is 23.1. The van der Waals surface area contributed by atoms with Crippen LogP contribution in [0, 0.1) is 11.8 Å². The molecule has 0 amide bonds. The normalized spacial score (nSPS) is 19.6. The van der Waals surface area contributed by atoms with Crippen LogP contribution in [0.1, 0.15) is 60.2 Å². The Morgan fingerprint density at radius 3 is 1.33 bits per heavy atom. The molecule has 2 aliphatic rings. The molecule has 10 heteroatoms. The fourth-order valence-corrected chi connectivity index (χ4v) is 4.12. The molecule has 2 atom stereocenters. The number of esters is 4. The number of rotatable bonds is 10. The molecule has 1 aromatic rings. The molecule has 2 aliphatic carbocycles. The highest BCUT2D eigenvalue weighted by Crippen LogP contribution is 2.27. The van der Waals surface area contributed by atoms with Crippen LogP contribution < -0.4 is 0 Å². The molecule has 42 heavy (non-hydrogen) atoms.